The zero-order valence-electron chi connectivity index (χ0n) is 11.9. The molecule has 1 aliphatic rings. The van der Waals surface area contributed by atoms with Crippen LogP contribution < -0.4 is 0 Å². The average Bonchev–Trinajstić information content (AvgIpc) is 2.38. The van der Waals surface area contributed by atoms with E-state index in [0.29, 0.717) is 5.92 Å². The Bertz CT molecular complexity index is 452. The quantitative estimate of drug-likeness (QED) is 0.814. The van der Waals surface area contributed by atoms with Gasteiger partial charge >= 0.3 is 0 Å². The van der Waals surface area contributed by atoms with E-state index in [1.165, 1.54) is 12.1 Å². The van der Waals surface area contributed by atoms with Crippen LogP contribution in [0.4, 0.5) is 4.39 Å². The number of benzene rings is 1. The Morgan fingerprint density at radius 3 is 2.47 bits per heavy atom. The first kappa shape index (κ1) is 14.7. The summed E-state index contributed by atoms with van der Waals surface area (Å²) in [6, 6.07) is 6.72. The maximum Gasteiger partial charge on any atom is 0.123 e. The van der Waals surface area contributed by atoms with Gasteiger partial charge in [-0.3, -0.25) is 0 Å². The minimum absolute atomic E-state index is 0.199. The Hall–Kier alpha value is -0.740. The molecule has 0 bridgehead atoms. The predicted molar refractivity (Wildman–Crippen MR) is 77.8 cm³/mol. The third-order valence-corrected chi connectivity index (χ3v) is 5.33. The van der Waals surface area contributed by atoms with Gasteiger partial charge in [0.25, 0.3) is 0 Å². The SMILES string of the molecule is CC(C)(C)[S@@](=O)N1CCC[C@H](c2ccc(F)cc2)C1. The standard InChI is InChI=1S/C15H22FNOS/c1-15(2,3)19(18)17-10-4-5-13(11-17)12-6-8-14(16)9-7-12/h6-9,13H,4-5,10-11H2,1-3H3/t13-,19+/m0/s1. The van der Waals surface area contributed by atoms with Crippen LogP contribution in [0.3, 0.4) is 0 Å². The van der Waals surface area contributed by atoms with Crippen molar-refractivity contribution in [2.75, 3.05) is 13.1 Å². The van der Waals surface area contributed by atoms with Gasteiger partial charge in [-0.05, 0) is 57.2 Å². The normalized spacial score (nSPS) is 23.3. The molecule has 0 spiro atoms. The van der Waals surface area contributed by atoms with E-state index in [0.717, 1.165) is 31.5 Å². The Kier molecular flexibility index (Phi) is 4.41. The van der Waals surface area contributed by atoms with E-state index in [2.05, 4.69) is 4.31 Å². The Balaban J connectivity index is 2.09. The number of hydrogen-bond acceptors (Lipinski definition) is 1. The zero-order valence-corrected chi connectivity index (χ0v) is 12.7. The monoisotopic (exact) mass is 283 g/mol. The first-order valence-electron chi connectivity index (χ1n) is 6.80. The van der Waals surface area contributed by atoms with Crippen molar-refractivity contribution in [2.24, 2.45) is 0 Å². The van der Waals surface area contributed by atoms with Gasteiger partial charge in [0, 0.05) is 13.1 Å². The Morgan fingerprint density at radius 2 is 1.89 bits per heavy atom. The molecule has 1 heterocycles. The average molecular weight is 283 g/mol. The number of nitrogens with zero attached hydrogens (tertiary/aromatic N) is 1. The number of piperidine rings is 1. The second kappa shape index (κ2) is 5.71. The molecule has 1 saturated heterocycles. The van der Waals surface area contributed by atoms with Crippen LogP contribution in [0.1, 0.15) is 45.1 Å². The lowest BCUT2D eigenvalue weighted by Gasteiger charge is -2.35. The van der Waals surface area contributed by atoms with Crippen LogP contribution in [0, 0.1) is 5.82 Å². The fourth-order valence-electron chi connectivity index (χ4n) is 2.49. The molecule has 0 saturated carbocycles. The van der Waals surface area contributed by atoms with Gasteiger partial charge in [0.15, 0.2) is 0 Å². The lowest BCUT2D eigenvalue weighted by Crippen LogP contribution is -2.42. The molecular formula is C15H22FNOS. The largest absolute Gasteiger partial charge is 0.242 e. The summed E-state index contributed by atoms with van der Waals surface area (Å²) in [6.07, 6.45) is 2.13. The zero-order chi connectivity index (χ0) is 14.0. The van der Waals surface area contributed by atoms with Gasteiger partial charge in [0.1, 0.15) is 5.82 Å². The molecule has 106 valence electrons. The van der Waals surface area contributed by atoms with Crippen molar-refractivity contribution in [3.05, 3.63) is 35.6 Å². The molecule has 0 unspecified atom stereocenters. The Morgan fingerprint density at radius 1 is 1.26 bits per heavy atom. The van der Waals surface area contributed by atoms with E-state index >= 15 is 0 Å². The first-order chi connectivity index (χ1) is 8.88. The van der Waals surface area contributed by atoms with E-state index in [4.69, 9.17) is 0 Å². The van der Waals surface area contributed by atoms with Gasteiger partial charge in [-0.1, -0.05) is 12.1 Å². The Labute approximate surface area is 117 Å². The molecule has 0 radical (unpaired) electrons. The predicted octanol–water partition coefficient (Wildman–Crippen LogP) is 3.47. The van der Waals surface area contributed by atoms with Crippen LogP contribution in [0.5, 0.6) is 0 Å². The molecule has 1 fully saturated rings. The number of halogens is 1. The fourth-order valence-corrected chi connectivity index (χ4v) is 3.87. The minimum atomic E-state index is -0.963. The summed E-state index contributed by atoms with van der Waals surface area (Å²) in [5.41, 5.74) is 1.15. The number of rotatable bonds is 2. The van der Waals surface area contributed by atoms with Crippen molar-refractivity contribution in [1.82, 2.24) is 4.31 Å². The summed E-state index contributed by atoms with van der Waals surface area (Å²) in [7, 11) is -0.963. The summed E-state index contributed by atoms with van der Waals surface area (Å²) in [4.78, 5) is 0. The van der Waals surface area contributed by atoms with E-state index in [-0.39, 0.29) is 10.6 Å². The maximum absolute atomic E-state index is 13.0. The molecule has 0 aliphatic carbocycles. The first-order valence-corrected chi connectivity index (χ1v) is 7.91. The van der Waals surface area contributed by atoms with Crippen LogP contribution in [0.15, 0.2) is 24.3 Å². The van der Waals surface area contributed by atoms with Crippen molar-refractivity contribution in [2.45, 2.75) is 44.3 Å². The highest BCUT2D eigenvalue weighted by atomic mass is 32.2. The molecule has 19 heavy (non-hydrogen) atoms. The van der Waals surface area contributed by atoms with E-state index in [1.807, 2.05) is 32.9 Å². The molecule has 2 rings (SSSR count). The van der Waals surface area contributed by atoms with Crippen molar-refractivity contribution < 1.29 is 8.60 Å². The highest BCUT2D eigenvalue weighted by Crippen LogP contribution is 2.29. The molecule has 2 atom stereocenters. The van der Waals surface area contributed by atoms with Crippen molar-refractivity contribution in [3.8, 4) is 0 Å². The lowest BCUT2D eigenvalue weighted by molar-refractivity contribution is 0.325. The van der Waals surface area contributed by atoms with Gasteiger partial charge in [-0.15, -0.1) is 0 Å². The summed E-state index contributed by atoms with van der Waals surface area (Å²) in [5.74, 6) is 0.162. The minimum Gasteiger partial charge on any atom is -0.242 e. The smallest absolute Gasteiger partial charge is 0.123 e. The molecule has 1 aromatic rings. The molecule has 1 aromatic carbocycles. The highest BCUT2D eigenvalue weighted by Gasteiger charge is 2.30. The molecular weight excluding hydrogens is 261 g/mol. The van der Waals surface area contributed by atoms with Gasteiger partial charge in [0.05, 0.1) is 15.7 Å². The molecule has 0 aromatic heterocycles. The van der Waals surface area contributed by atoms with Gasteiger partial charge in [-0.2, -0.15) is 0 Å². The highest BCUT2D eigenvalue weighted by molar-refractivity contribution is 7.84. The maximum atomic E-state index is 13.0. The van der Waals surface area contributed by atoms with Gasteiger partial charge < -0.3 is 0 Å². The second-order valence-corrected chi connectivity index (χ2v) is 8.38. The van der Waals surface area contributed by atoms with Crippen molar-refractivity contribution in [3.63, 3.8) is 0 Å². The third-order valence-electron chi connectivity index (χ3n) is 3.48. The molecule has 0 N–H and O–H groups in total. The van der Waals surface area contributed by atoms with Crippen molar-refractivity contribution >= 4 is 11.0 Å². The fraction of sp³-hybridized carbons (Fsp3) is 0.600. The van der Waals surface area contributed by atoms with Gasteiger partial charge in [0.2, 0.25) is 0 Å². The van der Waals surface area contributed by atoms with Gasteiger partial charge in [-0.25, -0.2) is 12.9 Å². The van der Waals surface area contributed by atoms with Crippen LogP contribution in [-0.2, 0) is 11.0 Å². The summed E-state index contributed by atoms with van der Waals surface area (Å²) >= 11 is 0. The lowest BCUT2D eigenvalue weighted by atomic mass is 9.92. The molecule has 4 heteroatoms. The van der Waals surface area contributed by atoms with E-state index < -0.39 is 11.0 Å². The summed E-state index contributed by atoms with van der Waals surface area (Å²) in [6.45, 7) is 7.71. The summed E-state index contributed by atoms with van der Waals surface area (Å²) in [5, 5.41) is 0. The second-order valence-electron chi connectivity index (χ2n) is 6.14. The summed E-state index contributed by atoms with van der Waals surface area (Å²) < 4.78 is 27.2. The number of hydrogen-bond donors (Lipinski definition) is 0. The van der Waals surface area contributed by atoms with E-state index in [9.17, 15) is 8.60 Å². The molecule has 2 nitrogen and oxygen atoms in total. The van der Waals surface area contributed by atoms with Crippen LogP contribution in [0.25, 0.3) is 0 Å². The third kappa shape index (κ3) is 3.63. The topological polar surface area (TPSA) is 20.3 Å². The van der Waals surface area contributed by atoms with Crippen LogP contribution in [0.2, 0.25) is 0 Å². The van der Waals surface area contributed by atoms with Crippen molar-refractivity contribution in [1.29, 1.82) is 0 Å². The molecule has 1 aliphatic heterocycles. The van der Waals surface area contributed by atoms with E-state index in [1.54, 1.807) is 0 Å². The van der Waals surface area contributed by atoms with Crippen LogP contribution >= 0.6 is 0 Å². The van der Waals surface area contributed by atoms with Crippen LogP contribution in [-0.4, -0.2) is 26.4 Å². The molecule has 0 amide bonds.